The summed E-state index contributed by atoms with van der Waals surface area (Å²) >= 11 is 1.65. The Kier molecular flexibility index (Phi) is 5.61. The monoisotopic (exact) mass is 295 g/mol. The second-order valence-corrected chi connectivity index (χ2v) is 7.03. The van der Waals surface area contributed by atoms with Gasteiger partial charge in [0.15, 0.2) is 0 Å². The Morgan fingerprint density at radius 2 is 2.00 bits per heavy atom. The Labute approximate surface area is 125 Å². The molecule has 0 aromatic carbocycles. The minimum Gasteiger partial charge on any atom is -0.396 e. The van der Waals surface area contributed by atoms with Crippen LogP contribution in [0.5, 0.6) is 0 Å². The van der Waals surface area contributed by atoms with Gasteiger partial charge in [0, 0.05) is 17.5 Å². The summed E-state index contributed by atoms with van der Waals surface area (Å²) in [5, 5.41) is 12.1. The highest BCUT2D eigenvalue weighted by molar-refractivity contribution is 7.14. The molecule has 0 fully saturated rings. The Balaban J connectivity index is 2.05. The van der Waals surface area contributed by atoms with Crippen LogP contribution in [-0.4, -0.2) is 23.7 Å². The molecule has 1 amide bonds. The van der Waals surface area contributed by atoms with Crippen LogP contribution in [0.2, 0.25) is 0 Å². The largest absolute Gasteiger partial charge is 0.396 e. The van der Waals surface area contributed by atoms with Crippen LogP contribution in [0, 0.1) is 5.92 Å². The van der Waals surface area contributed by atoms with E-state index in [9.17, 15) is 4.79 Å². The second kappa shape index (κ2) is 7.23. The van der Waals surface area contributed by atoms with Crippen LogP contribution in [0.3, 0.4) is 0 Å². The summed E-state index contributed by atoms with van der Waals surface area (Å²) in [7, 11) is 0. The Morgan fingerprint density at radius 1 is 1.30 bits per heavy atom. The van der Waals surface area contributed by atoms with Gasteiger partial charge in [-0.15, -0.1) is 11.3 Å². The minimum absolute atomic E-state index is 0.00261. The normalized spacial score (nSPS) is 18.6. The summed E-state index contributed by atoms with van der Waals surface area (Å²) in [6, 6.07) is 2.08. The van der Waals surface area contributed by atoms with Gasteiger partial charge in [-0.1, -0.05) is 19.8 Å². The first kappa shape index (κ1) is 15.5. The lowest BCUT2D eigenvalue weighted by Crippen LogP contribution is -2.38. The van der Waals surface area contributed by atoms with E-state index in [0.29, 0.717) is 0 Å². The van der Waals surface area contributed by atoms with Crippen molar-refractivity contribution >= 4 is 17.2 Å². The van der Waals surface area contributed by atoms with E-state index in [1.165, 1.54) is 36.1 Å². The molecule has 2 N–H and O–H groups in total. The van der Waals surface area contributed by atoms with Gasteiger partial charge in [-0.05, 0) is 50.2 Å². The van der Waals surface area contributed by atoms with E-state index in [4.69, 9.17) is 5.11 Å². The maximum absolute atomic E-state index is 12.3. The van der Waals surface area contributed by atoms with Gasteiger partial charge < -0.3 is 10.4 Å². The summed E-state index contributed by atoms with van der Waals surface area (Å²) in [4.78, 5) is 14.5. The zero-order valence-electron chi connectivity index (χ0n) is 12.4. The van der Waals surface area contributed by atoms with Gasteiger partial charge in [0.05, 0.1) is 4.88 Å². The number of aliphatic hydroxyl groups excluding tert-OH is 1. The van der Waals surface area contributed by atoms with Gasteiger partial charge in [-0.2, -0.15) is 0 Å². The van der Waals surface area contributed by atoms with Gasteiger partial charge in [-0.25, -0.2) is 0 Å². The van der Waals surface area contributed by atoms with Crippen molar-refractivity contribution in [2.45, 2.75) is 58.4 Å². The number of nitrogens with one attached hydrogen (secondary N) is 1. The predicted molar refractivity (Wildman–Crippen MR) is 83.4 cm³/mol. The van der Waals surface area contributed by atoms with E-state index < -0.39 is 0 Å². The lowest BCUT2D eigenvalue weighted by Gasteiger charge is -2.18. The third-order valence-electron chi connectivity index (χ3n) is 4.22. The maximum Gasteiger partial charge on any atom is 0.261 e. The molecular formula is C16H25NO2S. The lowest BCUT2D eigenvalue weighted by molar-refractivity contribution is 0.0920. The standard InChI is InChI=1S/C16H25NO2S/c1-11(10-18)12(2)17-16(19)15-9-13-7-5-3-4-6-8-14(13)20-15/h9,11-12,18H,3-8,10H2,1-2H3,(H,17,19). The van der Waals surface area contributed by atoms with Crippen molar-refractivity contribution in [1.29, 1.82) is 0 Å². The minimum atomic E-state index is -0.00261. The third-order valence-corrected chi connectivity index (χ3v) is 5.46. The fourth-order valence-electron chi connectivity index (χ4n) is 2.53. The Bertz CT molecular complexity index is 430. The molecule has 4 heteroatoms. The molecule has 112 valence electrons. The molecule has 0 aliphatic heterocycles. The number of carbonyl (C=O) groups excluding carboxylic acids is 1. The van der Waals surface area contributed by atoms with Crippen molar-refractivity contribution < 1.29 is 9.90 Å². The molecule has 0 bridgehead atoms. The third kappa shape index (κ3) is 3.83. The summed E-state index contributed by atoms with van der Waals surface area (Å²) < 4.78 is 0. The van der Waals surface area contributed by atoms with Crippen LogP contribution in [0.4, 0.5) is 0 Å². The number of thiophene rings is 1. The maximum atomic E-state index is 12.3. The number of amides is 1. The van der Waals surface area contributed by atoms with E-state index in [1.54, 1.807) is 11.3 Å². The van der Waals surface area contributed by atoms with Crippen molar-refractivity contribution in [1.82, 2.24) is 5.32 Å². The summed E-state index contributed by atoms with van der Waals surface area (Å²) in [6.07, 6.45) is 7.33. The number of hydrogen-bond acceptors (Lipinski definition) is 3. The number of hydrogen-bond donors (Lipinski definition) is 2. The van der Waals surface area contributed by atoms with E-state index in [1.807, 2.05) is 13.8 Å². The Hall–Kier alpha value is -0.870. The van der Waals surface area contributed by atoms with Crippen LogP contribution < -0.4 is 5.32 Å². The highest BCUT2D eigenvalue weighted by Crippen LogP contribution is 2.28. The summed E-state index contributed by atoms with van der Waals surface area (Å²) in [5.74, 6) is 0.0921. The van der Waals surface area contributed by atoms with Gasteiger partial charge in [0.1, 0.15) is 0 Å². The summed E-state index contributed by atoms with van der Waals surface area (Å²) in [6.45, 7) is 3.99. The fraction of sp³-hybridized carbons (Fsp3) is 0.688. The molecule has 3 nitrogen and oxygen atoms in total. The number of fused-ring (bicyclic) bond motifs is 1. The van der Waals surface area contributed by atoms with Crippen molar-refractivity contribution in [2.24, 2.45) is 5.92 Å². The zero-order valence-corrected chi connectivity index (χ0v) is 13.3. The summed E-state index contributed by atoms with van der Waals surface area (Å²) in [5.41, 5.74) is 1.38. The highest BCUT2D eigenvalue weighted by Gasteiger charge is 2.19. The smallest absolute Gasteiger partial charge is 0.261 e. The van der Waals surface area contributed by atoms with E-state index in [2.05, 4.69) is 11.4 Å². The number of aliphatic hydroxyl groups is 1. The first-order valence-corrected chi connectivity index (χ1v) is 8.46. The lowest BCUT2D eigenvalue weighted by atomic mass is 9.99. The highest BCUT2D eigenvalue weighted by atomic mass is 32.1. The molecular weight excluding hydrogens is 270 g/mol. The molecule has 2 atom stereocenters. The zero-order chi connectivity index (χ0) is 14.5. The molecule has 1 aromatic heterocycles. The average Bonchev–Trinajstić information content (AvgIpc) is 2.80. The SMILES string of the molecule is CC(CO)C(C)NC(=O)c1cc2c(s1)CCCCCC2. The van der Waals surface area contributed by atoms with Crippen molar-refractivity contribution in [3.63, 3.8) is 0 Å². The van der Waals surface area contributed by atoms with Crippen molar-refractivity contribution in [2.75, 3.05) is 6.61 Å². The van der Waals surface area contributed by atoms with Crippen LogP contribution in [0.15, 0.2) is 6.07 Å². The van der Waals surface area contributed by atoms with Crippen molar-refractivity contribution in [3.05, 3.63) is 21.4 Å². The molecule has 0 radical (unpaired) electrons. The number of carbonyl (C=O) groups is 1. The van der Waals surface area contributed by atoms with Crippen LogP contribution in [-0.2, 0) is 12.8 Å². The second-order valence-electron chi connectivity index (χ2n) is 5.90. The molecule has 0 spiro atoms. The molecule has 0 saturated heterocycles. The first-order valence-electron chi connectivity index (χ1n) is 7.65. The average molecular weight is 295 g/mol. The van der Waals surface area contributed by atoms with Gasteiger partial charge in [-0.3, -0.25) is 4.79 Å². The molecule has 1 aliphatic rings. The van der Waals surface area contributed by atoms with Gasteiger partial charge in [0.25, 0.3) is 5.91 Å². The molecule has 1 heterocycles. The molecule has 1 aliphatic carbocycles. The fourth-order valence-corrected chi connectivity index (χ4v) is 3.69. The topological polar surface area (TPSA) is 49.3 Å². The van der Waals surface area contributed by atoms with Gasteiger partial charge >= 0.3 is 0 Å². The Morgan fingerprint density at radius 3 is 2.70 bits per heavy atom. The van der Waals surface area contributed by atoms with E-state index >= 15 is 0 Å². The van der Waals surface area contributed by atoms with E-state index in [-0.39, 0.29) is 24.5 Å². The van der Waals surface area contributed by atoms with Crippen LogP contribution >= 0.6 is 11.3 Å². The first-order chi connectivity index (χ1) is 9.61. The molecule has 20 heavy (non-hydrogen) atoms. The van der Waals surface area contributed by atoms with E-state index in [0.717, 1.165) is 17.7 Å². The predicted octanol–water partition coefficient (Wildman–Crippen LogP) is 3.15. The number of rotatable bonds is 4. The van der Waals surface area contributed by atoms with Crippen molar-refractivity contribution in [3.8, 4) is 0 Å². The van der Waals surface area contributed by atoms with Crippen LogP contribution in [0.25, 0.3) is 0 Å². The quantitative estimate of drug-likeness (QED) is 0.896. The molecule has 2 rings (SSSR count). The van der Waals surface area contributed by atoms with Crippen LogP contribution in [0.1, 0.15) is 59.6 Å². The van der Waals surface area contributed by atoms with Gasteiger partial charge in [0.2, 0.25) is 0 Å². The number of aryl methyl sites for hydroxylation is 2. The molecule has 1 aromatic rings. The molecule has 2 unspecified atom stereocenters. The molecule has 0 saturated carbocycles.